The molecule has 84 valence electrons. The molecule has 0 spiro atoms. The number of alkyl halides is 1. The highest BCUT2D eigenvalue weighted by molar-refractivity contribution is 7.09. The maximum atomic E-state index is 6.16. The summed E-state index contributed by atoms with van der Waals surface area (Å²) in [5.41, 5.74) is 0. The topological polar surface area (TPSA) is 3.24 Å². The fourth-order valence-electron chi connectivity index (χ4n) is 2.06. The van der Waals surface area contributed by atoms with Crippen LogP contribution >= 0.6 is 22.9 Å². The molecule has 0 aliphatic carbocycles. The van der Waals surface area contributed by atoms with E-state index in [1.165, 1.54) is 43.8 Å². The van der Waals surface area contributed by atoms with Gasteiger partial charge in [-0.1, -0.05) is 6.07 Å². The molecule has 0 N–H and O–H groups in total. The Balaban J connectivity index is 1.74. The lowest BCUT2D eigenvalue weighted by Gasteiger charge is -2.19. The Morgan fingerprint density at radius 3 is 3.13 bits per heavy atom. The molecule has 1 aromatic heterocycles. The van der Waals surface area contributed by atoms with Crippen LogP contribution < -0.4 is 0 Å². The van der Waals surface area contributed by atoms with E-state index in [0.29, 0.717) is 5.38 Å². The summed E-state index contributed by atoms with van der Waals surface area (Å²) in [5.74, 6) is 0. The highest BCUT2D eigenvalue weighted by atomic mass is 35.5. The van der Waals surface area contributed by atoms with Gasteiger partial charge in [0.15, 0.2) is 0 Å². The molecular weight excluding hydrogens is 226 g/mol. The lowest BCUT2D eigenvalue weighted by atomic mass is 10.2. The third-order valence-electron chi connectivity index (χ3n) is 3.00. The summed E-state index contributed by atoms with van der Waals surface area (Å²) in [6.07, 6.45) is 4.81. The first-order valence-corrected chi connectivity index (χ1v) is 7.05. The molecule has 2 heterocycles. The Bertz CT molecular complexity index is 273. The highest BCUT2D eigenvalue weighted by Crippen LogP contribution is 2.17. The molecule has 1 atom stereocenters. The van der Waals surface area contributed by atoms with Gasteiger partial charge >= 0.3 is 0 Å². The van der Waals surface area contributed by atoms with Gasteiger partial charge in [-0.25, -0.2) is 0 Å². The zero-order chi connectivity index (χ0) is 10.5. The second-order valence-electron chi connectivity index (χ2n) is 4.20. The summed E-state index contributed by atoms with van der Waals surface area (Å²) < 4.78 is 0. The Labute approximate surface area is 101 Å². The average molecular weight is 244 g/mol. The van der Waals surface area contributed by atoms with Crippen molar-refractivity contribution >= 4 is 22.9 Å². The van der Waals surface area contributed by atoms with Crippen molar-refractivity contribution in [3.63, 3.8) is 0 Å². The van der Waals surface area contributed by atoms with Crippen molar-refractivity contribution in [1.82, 2.24) is 4.90 Å². The van der Waals surface area contributed by atoms with E-state index in [2.05, 4.69) is 22.4 Å². The standard InChI is InChI=1S/C12H18ClNS/c13-11-3-1-7-14(8-5-11)9-6-12-4-2-10-15-12/h2,4,10-11H,1,3,5-9H2. The molecule has 0 radical (unpaired) electrons. The minimum absolute atomic E-state index is 0.414. The smallest absolute Gasteiger partial charge is 0.0348 e. The Hall–Kier alpha value is -0.0500. The van der Waals surface area contributed by atoms with Crippen LogP contribution in [0, 0.1) is 0 Å². The number of hydrogen-bond acceptors (Lipinski definition) is 2. The van der Waals surface area contributed by atoms with Crippen LogP contribution in [0.5, 0.6) is 0 Å². The van der Waals surface area contributed by atoms with Gasteiger partial charge in [0.05, 0.1) is 0 Å². The summed E-state index contributed by atoms with van der Waals surface area (Å²) in [7, 11) is 0. The molecule has 1 nitrogen and oxygen atoms in total. The first-order chi connectivity index (χ1) is 7.34. The molecule has 1 aliphatic rings. The van der Waals surface area contributed by atoms with Crippen LogP contribution in [-0.4, -0.2) is 29.9 Å². The first kappa shape index (κ1) is 11.4. The zero-order valence-electron chi connectivity index (χ0n) is 8.99. The Kier molecular flexibility index (Phi) is 4.48. The minimum atomic E-state index is 0.414. The van der Waals surface area contributed by atoms with Crippen LogP contribution in [0.4, 0.5) is 0 Å². The number of likely N-dealkylation sites (tertiary alicyclic amines) is 1. The molecule has 15 heavy (non-hydrogen) atoms. The molecule has 0 amide bonds. The molecule has 1 unspecified atom stereocenters. The number of halogens is 1. The second-order valence-corrected chi connectivity index (χ2v) is 5.85. The van der Waals surface area contributed by atoms with Crippen LogP contribution in [0.2, 0.25) is 0 Å². The highest BCUT2D eigenvalue weighted by Gasteiger charge is 2.14. The van der Waals surface area contributed by atoms with Crippen molar-refractivity contribution in [3.8, 4) is 0 Å². The molecule has 2 rings (SSSR count). The largest absolute Gasteiger partial charge is 0.303 e. The van der Waals surface area contributed by atoms with Crippen LogP contribution in [0.3, 0.4) is 0 Å². The number of thiophene rings is 1. The van der Waals surface area contributed by atoms with Crippen molar-refractivity contribution in [2.45, 2.75) is 31.1 Å². The molecule has 1 saturated heterocycles. The van der Waals surface area contributed by atoms with Gasteiger partial charge in [0, 0.05) is 16.8 Å². The van der Waals surface area contributed by atoms with Gasteiger partial charge in [0.25, 0.3) is 0 Å². The summed E-state index contributed by atoms with van der Waals surface area (Å²) in [4.78, 5) is 4.06. The molecular formula is C12H18ClNS. The third-order valence-corrected chi connectivity index (χ3v) is 4.38. The van der Waals surface area contributed by atoms with Crippen LogP contribution in [0.15, 0.2) is 17.5 Å². The van der Waals surface area contributed by atoms with Crippen LogP contribution in [-0.2, 0) is 6.42 Å². The van der Waals surface area contributed by atoms with E-state index in [1.54, 1.807) is 0 Å². The fourth-order valence-corrected chi connectivity index (χ4v) is 3.01. The maximum absolute atomic E-state index is 6.16. The van der Waals surface area contributed by atoms with Gasteiger partial charge in [-0.05, 0) is 50.2 Å². The molecule has 3 heteroatoms. The number of hydrogen-bond donors (Lipinski definition) is 0. The molecule has 1 aliphatic heterocycles. The zero-order valence-corrected chi connectivity index (χ0v) is 10.6. The van der Waals surface area contributed by atoms with Crippen molar-refractivity contribution < 1.29 is 0 Å². The van der Waals surface area contributed by atoms with Crippen molar-refractivity contribution in [2.24, 2.45) is 0 Å². The normalized spacial score (nSPS) is 23.9. The number of rotatable bonds is 3. The van der Waals surface area contributed by atoms with Crippen molar-refractivity contribution in [1.29, 1.82) is 0 Å². The van der Waals surface area contributed by atoms with Crippen molar-refractivity contribution in [3.05, 3.63) is 22.4 Å². The molecule has 0 bridgehead atoms. The van der Waals surface area contributed by atoms with E-state index in [0.717, 1.165) is 6.42 Å². The minimum Gasteiger partial charge on any atom is -0.303 e. The quantitative estimate of drug-likeness (QED) is 0.736. The first-order valence-electron chi connectivity index (χ1n) is 5.73. The number of nitrogens with zero attached hydrogens (tertiary/aromatic N) is 1. The van der Waals surface area contributed by atoms with E-state index >= 15 is 0 Å². The third kappa shape index (κ3) is 3.78. The van der Waals surface area contributed by atoms with Gasteiger partial charge in [0.1, 0.15) is 0 Å². The van der Waals surface area contributed by atoms with Crippen molar-refractivity contribution in [2.75, 3.05) is 19.6 Å². The fraction of sp³-hybridized carbons (Fsp3) is 0.667. The predicted molar refractivity (Wildman–Crippen MR) is 68.0 cm³/mol. The molecule has 0 aromatic carbocycles. The molecule has 0 saturated carbocycles. The lowest BCUT2D eigenvalue weighted by Crippen LogP contribution is -2.27. The van der Waals surface area contributed by atoms with E-state index in [1.807, 2.05) is 11.3 Å². The van der Waals surface area contributed by atoms with E-state index < -0.39 is 0 Å². The van der Waals surface area contributed by atoms with E-state index in [4.69, 9.17) is 11.6 Å². The summed E-state index contributed by atoms with van der Waals surface area (Å²) in [6.45, 7) is 3.61. The van der Waals surface area contributed by atoms with E-state index in [-0.39, 0.29) is 0 Å². The summed E-state index contributed by atoms with van der Waals surface area (Å²) in [6, 6.07) is 4.37. The van der Waals surface area contributed by atoms with Gasteiger partial charge in [-0.15, -0.1) is 22.9 Å². The lowest BCUT2D eigenvalue weighted by molar-refractivity contribution is 0.289. The second kappa shape index (κ2) is 5.88. The summed E-state index contributed by atoms with van der Waals surface area (Å²) in [5, 5.41) is 2.57. The van der Waals surface area contributed by atoms with Crippen LogP contribution in [0.25, 0.3) is 0 Å². The SMILES string of the molecule is ClC1CCCN(CCc2cccs2)CC1. The molecule has 1 fully saturated rings. The maximum Gasteiger partial charge on any atom is 0.0348 e. The van der Waals surface area contributed by atoms with Gasteiger partial charge in [-0.2, -0.15) is 0 Å². The van der Waals surface area contributed by atoms with Gasteiger partial charge in [-0.3, -0.25) is 0 Å². The Morgan fingerprint density at radius 1 is 1.40 bits per heavy atom. The summed E-state index contributed by atoms with van der Waals surface area (Å²) >= 11 is 8.03. The van der Waals surface area contributed by atoms with Gasteiger partial charge in [0.2, 0.25) is 0 Å². The van der Waals surface area contributed by atoms with Crippen LogP contribution in [0.1, 0.15) is 24.1 Å². The van der Waals surface area contributed by atoms with E-state index in [9.17, 15) is 0 Å². The monoisotopic (exact) mass is 243 g/mol. The molecule has 1 aromatic rings. The predicted octanol–water partition coefficient (Wildman–Crippen LogP) is 3.38. The van der Waals surface area contributed by atoms with Gasteiger partial charge < -0.3 is 4.90 Å². The average Bonchev–Trinajstić information content (AvgIpc) is 2.66. The Morgan fingerprint density at radius 2 is 2.33 bits per heavy atom.